The number of benzene rings is 3. The predicted octanol–water partition coefficient (Wildman–Crippen LogP) is 5.28. The van der Waals surface area contributed by atoms with Crippen molar-refractivity contribution < 1.29 is 9.53 Å². The summed E-state index contributed by atoms with van der Waals surface area (Å²) in [5.41, 5.74) is 2.39. The summed E-state index contributed by atoms with van der Waals surface area (Å²) < 4.78 is 5.52. The fourth-order valence-corrected chi connectivity index (χ4v) is 3.29. The normalized spacial score (nSPS) is 10.6. The highest BCUT2D eigenvalue weighted by Crippen LogP contribution is 2.32. The highest BCUT2D eigenvalue weighted by atomic mass is 35.5. The van der Waals surface area contributed by atoms with Crippen molar-refractivity contribution in [2.75, 3.05) is 0 Å². The number of hydrogen-bond donors (Lipinski definition) is 1. The Morgan fingerprint density at radius 2 is 1.57 bits per heavy atom. The molecule has 0 bridgehead atoms. The number of carbonyl (C=O) groups excluding carboxylic acids is 1. The molecule has 0 saturated carbocycles. The van der Waals surface area contributed by atoms with Crippen molar-refractivity contribution in [3.63, 3.8) is 0 Å². The first-order valence-electron chi connectivity index (χ1n) is 9.26. The number of esters is 1. The summed E-state index contributed by atoms with van der Waals surface area (Å²) in [4.78, 5) is 25.8. The lowest BCUT2D eigenvalue weighted by molar-refractivity contribution is 0.0733. The summed E-state index contributed by atoms with van der Waals surface area (Å²) in [6.45, 7) is 1.81. The number of aryl methyl sites for hydroxylation is 1. The number of aromatic nitrogens is 2. The van der Waals surface area contributed by atoms with Gasteiger partial charge in [-0.1, -0.05) is 72.3 Å². The first-order valence-corrected chi connectivity index (χ1v) is 9.64. The quantitative estimate of drug-likeness (QED) is 0.362. The van der Waals surface area contributed by atoms with E-state index in [0.717, 1.165) is 11.1 Å². The molecule has 1 aromatic heterocycles. The Bertz CT molecular complexity index is 1270. The minimum absolute atomic E-state index is 0.109. The van der Waals surface area contributed by atoms with E-state index in [9.17, 15) is 9.59 Å². The number of nitrogens with zero attached hydrogens (tertiary/aromatic N) is 1. The van der Waals surface area contributed by atoms with Gasteiger partial charge in [0, 0.05) is 16.1 Å². The van der Waals surface area contributed by atoms with E-state index in [0.29, 0.717) is 27.6 Å². The summed E-state index contributed by atoms with van der Waals surface area (Å²) in [6.07, 6.45) is 0. The number of aromatic amines is 1. The van der Waals surface area contributed by atoms with E-state index in [1.165, 1.54) is 0 Å². The monoisotopic (exact) mass is 416 g/mol. The van der Waals surface area contributed by atoms with Gasteiger partial charge in [-0.2, -0.15) is 5.10 Å². The van der Waals surface area contributed by atoms with Crippen LogP contribution in [0.1, 0.15) is 15.9 Å². The van der Waals surface area contributed by atoms with Gasteiger partial charge in [0.2, 0.25) is 0 Å². The third-order valence-electron chi connectivity index (χ3n) is 4.64. The third-order valence-corrected chi connectivity index (χ3v) is 5.06. The van der Waals surface area contributed by atoms with E-state index in [2.05, 4.69) is 10.2 Å². The van der Waals surface area contributed by atoms with Crippen LogP contribution in [0.4, 0.5) is 0 Å². The molecule has 0 aliphatic heterocycles. The molecule has 30 heavy (non-hydrogen) atoms. The predicted molar refractivity (Wildman–Crippen MR) is 117 cm³/mol. The van der Waals surface area contributed by atoms with Gasteiger partial charge in [0.15, 0.2) is 0 Å². The average molecular weight is 417 g/mol. The van der Waals surface area contributed by atoms with Crippen LogP contribution >= 0.6 is 11.6 Å². The first kappa shape index (κ1) is 19.6. The Morgan fingerprint density at radius 3 is 2.20 bits per heavy atom. The van der Waals surface area contributed by atoms with Crippen molar-refractivity contribution in [3.8, 4) is 28.1 Å². The Morgan fingerprint density at radius 1 is 0.933 bits per heavy atom. The standard InChI is InChI=1S/C24H17ClN2O3/c1-15-14-18(12-13-19(15)25)30-24(29)21-20(16-8-4-2-5-9-16)22(26-27-23(21)28)17-10-6-3-7-11-17/h2-14H,1H3,(H,27,28). The van der Waals surface area contributed by atoms with Crippen LogP contribution in [0.15, 0.2) is 83.7 Å². The molecule has 4 aromatic rings. The van der Waals surface area contributed by atoms with Crippen LogP contribution < -0.4 is 10.3 Å². The maximum absolute atomic E-state index is 13.1. The largest absolute Gasteiger partial charge is 0.423 e. The Kier molecular flexibility index (Phi) is 5.46. The molecule has 0 aliphatic rings. The Balaban J connectivity index is 1.89. The highest BCUT2D eigenvalue weighted by Gasteiger charge is 2.24. The van der Waals surface area contributed by atoms with E-state index in [1.807, 2.05) is 67.6 Å². The van der Waals surface area contributed by atoms with Crippen LogP contribution in [0.2, 0.25) is 5.02 Å². The Labute approximate surface area is 177 Å². The zero-order valence-corrected chi connectivity index (χ0v) is 16.8. The van der Waals surface area contributed by atoms with Crippen LogP contribution in [0.5, 0.6) is 5.75 Å². The van der Waals surface area contributed by atoms with Gasteiger partial charge in [-0.05, 0) is 36.2 Å². The second kappa shape index (κ2) is 8.35. The second-order valence-corrected chi connectivity index (χ2v) is 7.09. The molecule has 0 atom stereocenters. The van der Waals surface area contributed by atoms with Crippen LogP contribution in [0, 0.1) is 6.92 Å². The second-order valence-electron chi connectivity index (χ2n) is 6.68. The van der Waals surface area contributed by atoms with Gasteiger partial charge in [-0.25, -0.2) is 9.89 Å². The van der Waals surface area contributed by atoms with E-state index in [-0.39, 0.29) is 5.56 Å². The summed E-state index contributed by atoms with van der Waals surface area (Å²) in [7, 11) is 0. The molecule has 3 aromatic carbocycles. The molecule has 1 N–H and O–H groups in total. The van der Waals surface area contributed by atoms with Crippen LogP contribution in [-0.2, 0) is 0 Å². The van der Waals surface area contributed by atoms with Crippen molar-refractivity contribution in [1.29, 1.82) is 0 Å². The van der Waals surface area contributed by atoms with Gasteiger partial charge >= 0.3 is 5.97 Å². The molecule has 5 nitrogen and oxygen atoms in total. The van der Waals surface area contributed by atoms with Crippen molar-refractivity contribution in [3.05, 3.63) is 105 Å². The molecule has 1 heterocycles. The number of hydrogen-bond acceptors (Lipinski definition) is 4. The van der Waals surface area contributed by atoms with Crippen molar-refractivity contribution >= 4 is 17.6 Å². The molecule has 0 radical (unpaired) electrons. The number of halogens is 1. The van der Waals surface area contributed by atoms with Gasteiger partial charge < -0.3 is 4.74 Å². The SMILES string of the molecule is Cc1cc(OC(=O)c2c(-c3ccccc3)c(-c3ccccc3)n[nH]c2=O)ccc1Cl. The summed E-state index contributed by atoms with van der Waals surface area (Å²) in [5.74, 6) is -0.463. The van der Waals surface area contributed by atoms with Gasteiger partial charge in [-0.15, -0.1) is 0 Å². The molecule has 0 aliphatic carbocycles. The minimum Gasteiger partial charge on any atom is -0.423 e. The maximum Gasteiger partial charge on any atom is 0.349 e. The zero-order chi connectivity index (χ0) is 21.1. The average Bonchev–Trinajstić information content (AvgIpc) is 2.77. The summed E-state index contributed by atoms with van der Waals surface area (Å²) in [6, 6.07) is 23.4. The Hall–Kier alpha value is -3.70. The number of nitrogens with one attached hydrogen (secondary N) is 1. The fourth-order valence-electron chi connectivity index (χ4n) is 3.17. The smallest absolute Gasteiger partial charge is 0.349 e. The van der Waals surface area contributed by atoms with Gasteiger partial charge in [-0.3, -0.25) is 4.79 Å². The van der Waals surface area contributed by atoms with Crippen molar-refractivity contribution in [1.82, 2.24) is 10.2 Å². The van der Waals surface area contributed by atoms with E-state index < -0.39 is 11.5 Å². The molecule has 148 valence electrons. The lowest BCUT2D eigenvalue weighted by Crippen LogP contribution is -2.25. The number of ether oxygens (including phenoxy) is 1. The van der Waals surface area contributed by atoms with E-state index >= 15 is 0 Å². The first-order chi connectivity index (χ1) is 14.5. The molecule has 0 spiro atoms. The lowest BCUT2D eigenvalue weighted by Gasteiger charge is -2.13. The van der Waals surface area contributed by atoms with Crippen molar-refractivity contribution in [2.45, 2.75) is 6.92 Å². The zero-order valence-electron chi connectivity index (χ0n) is 16.1. The van der Waals surface area contributed by atoms with Crippen LogP contribution in [0.3, 0.4) is 0 Å². The van der Waals surface area contributed by atoms with Gasteiger partial charge in [0.25, 0.3) is 5.56 Å². The number of H-pyrrole nitrogens is 1. The van der Waals surface area contributed by atoms with E-state index in [1.54, 1.807) is 18.2 Å². The van der Waals surface area contributed by atoms with E-state index in [4.69, 9.17) is 16.3 Å². The van der Waals surface area contributed by atoms with Gasteiger partial charge in [0.1, 0.15) is 11.3 Å². The molecule has 0 amide bonds. The lowest BCUT2D eigenvalue weighted by atomic mass is 9.95. The fraction of sp³-hybridized carbons (Fsp3) is 0.0417. The molecular formula is C24H17ClN2O3. The third kappa shape index (κ3) is 3.88. The molecule has 4 rings (SSSR count). The molecule has 0 saturated heterocycles. The number of carbonyl (C=O) groups is 1. The van der Waals surface area contributed by atoms with Crippen molar-refractivity contribution in [2.24, 2.45) is 0 Å². The molecule has 0 fully saturated rings. The van der Waals surface area contributed by atoms with Crippen LogP contribution in [-0.4, -0.2) is 16.2 Å². The molecule has 6 heteroatoms. The highest BCUT2D eigenvalue weighted by molar-refractivity contribution is 6.31. The summed E-state index contributed by atoms with van der Waals surface area (Å²) >= 11 is 6.05. The number of rotatable bonds is 4. The topological polar surface area (TPSA) is 72.0 Å². The maximum atomic E-state index is 13.1. The molecular weight excluding hydrogens is 400 g/mol. The van der Waals surface area contributed by atoms with Gasteiger partial charge in [0.05, 0.1) is 5.69 Å². The summed E-state index contributed by atoms with van der Waals surface area (Å²) in [5, 5.41) is 7.24. The molecule has 0 unspecified atom stereocenters. The van der Waals surface area contributed by atoms with Crippen LogP contribution in [0.25, 0.3) is 22.4 Å². The minimum atomic E-state index is -0.767.